The van der Waals surface area contributed by atoms with E-state index < -0.39 is 21.8 Å². The van der Waals surface area contributed by atoms with Crippen LogP contribution in [0.15, 0.2) is 47.5 Å². The summed E-state index contributed by atoms with van der Waals surface area (Å²) in [7, 11) is 1.54. The highest BCUT2D eigenvalue weighted by Gasteiger charge is 2.34. The summed E-state index contributed by atoms with van der Waals surface area (Å²) in [5, 5.41) is 8.40. The van der Waals surface area contributed by atoms with E-state index in [0.29, 0.717) is 36.8 Å². The highest BCUT2D eigenvalue weighted by molar-refractivity contribution is 7.89. The molecule has 0 fully saturated rings. The maximum atomic E-state index is 13.3. The van der Waals surface area contributed by atoms with Gasteiger partial charge in [0.2, 0.25) is 16.0 Å². The monoisotopic (exact) mass is 537 g/mol. The Morgan fingerprint density at radius 3 is 2.27 bits per heavy atom. The van der Waals surface area contributed by atoms with E-state index in [4.69, 9.17) is 5.14 Å². The van der Waals surface area contributed by atoms with E-state index in [1.165, 1.54) is 24.4 Å². The van der Waals surface area contributed by atoms with Crippen LogP contribution in [0.5, 0.6) is 0 Å². The summed E-state index contributed by atoms with van der Waals surface area (Å²) in [4.78, 5) is 16.8. The molecule has 0 saturated heterocycles. The average molecular weight is 538 g/mol. The third-order valence-electron chi connectivity index (χ3n) is 5.63. The number of halogens is 3. The van der Waals surface area contributed by atoms with Crippen molar-refractivity contribution in [2.24, 2.45) is 5.14 Å². The maximum absolute atomic E-state index is 13.3. The van der Waals surface area contributed by atoms with Crippen LogP contribution >= 0.6 is 0 Å². The smallest absolute Gasteiger partial charge is 0.347 e. The van der Waals surface area contributed by atoms with Crippen molar-refractivity contribution in [1.29, 1.82) is 0 Å². The van der Waals surface area contributed by atoms with Crippen LogP contribution in [0.2, 0.25) is 0 Å². The number of primary sulfonamides is 1. The minimum Gasteiger partial charge on any atom is -0.347 e. The van der Waals surface area contributed by atoms with E-state index >= 15 is 0 Å². The van der Waals surface area contributed by atoms with Gasteiger partial charge in [-0.25, -0.2) is 18.5 Å². The molecule has 0 aliphatic rings. The molecule has 0 unspecified atom stereocenters. The normalized spacial score (nSPS) is 12.1. The third-order valence-corrected chi connectivity index (χ3v) is 6.55. The number of nitrogens with two attached hydrogens (primary N) is 1. The molecule has 0 radical (unpaired) electrons. The number of hydrogen-bond acceptors (Lipinski definition) is 8. The number of nitrogens with zero attached hydrogens (tertiary/aromatic N) is 5. The van der Waals surface area contributed by atoms with Gasteiger partial charge in [0, 0.05) is 51.1 Å². The molecule has 0 bridgehead atoms. The summed E-state index contributed by atoms with van der Waals surface area (Å²) in [5.74, 6) is 1.02. The number of sulfonamides is 1. The number of nitrogens with one attached hydrogen (secondary N) is 1. The van der Waals surface area contributed by atoms with Crippen molar-refractivity contribution >= 4 is 27.5 Å². The maximum Gasteiger partial charge on any atom is 0.418 e. The number of hydrogen-bond donors (Lipinski definition) is 2. The second kappa shape index (κ2) is 11.4. The number of rotatable bonds is 10. The Balaban J connectivity index is 1.84. The fourth-order valence-corrected chi connectivity index (χ4v) is 4.23. The molecule has 37 heavy (non-hydrogen) atoms. The van der Waals surface area contributed by atoms with Gasteiger partial charge in [0.1, 0.15) is 5.82 Å². The molecule has 13 heteroatoms. The predicted molar refractivity (Wildman–Crippen MR) is 136 cm³/mol. The summed E-state index contributed by atoms with van der Waals surface area (Å²) in [6, 6.07) is 8.30. The van der Waals surface area contributed by atoms with Crippen LogP contribution in [0.1, 0.15) is 29.4 Å². The summed E-state index contributed by atoms with van der Waals surface area (Å²) < 4.78 is 63.1. The van der Waals surface area contributed by atoms with Gasteiger partial charge in [-0.3, -0.25) is 4.98 Å². The minimum atomic E-state index is -4.47. The van der Waals surface area contributed by atoms with Gasteiger partial charge < -0.3 is 15.1 Å². The van der Waals surface area contributed by atoms with Crippen molar-refractivity contribution in [3.05, 3.63) is 65.1 Å². The van der Waals surface area contributed by atoms with E-state index in [-0.39, 0.29) is 17.1 Å². The Hall–Kier alpha value is -3.29. The number of benzene rings is 1. The van der Waals surface area contributed by atoms with Gasteiger partial charge in [-0.15, -0.1) is 0 Å². The van der Waals surface area contributed by atoms with Gasteiger partial charge in [0.25, 0.3) is 0 Å². The van der Waals surface area contributed by atoms with Gasteiger partial charge in [-0.05, 0) is 49.9 Å². The van der Waals surface area contributed by atoms with Crippen LogP contribution in [0.4, 0.5) is 30.6 Å². The summed E-state index contributed by atoms with van der Waals surface area (Å²) in [6.07, 6.45) is -2.05. The Morgan fingerprint density at radius 2 is 1.70 bits per heavy atom. The van der Waals surface area contributed by atoms with Crippen LogP contribution in [0.25, 0.3) is 0 Å². The van der Waals surface area contributed by atoms with E-state index in [9.17, 15) is 21.6 Å². The topological polar surface area (TPSA) is 117 Å². The zero-order valence-corrected chi connectivity index (χ0v) is 21.9. The first-order valence-corrected chi connectivity index (χ1v) is 13.0. The zero-order valence-electron chi connectivity index (χ0n) is 21.0. The van der Waals surface area contributed by atoms with Crippen molar-refractivity contribution in [3.8, 4) is 0 Å². The summed E-state index contributed by atoms with van der Waals surface area (Å²) in [6.45, 7) is 2.43. The Labute approximate surface area is 214 Å². The van der Waals surface area contributed by atoms with Gasteiger partial charge >= 0.3 is 6.18 Å². The van der Waals surface area contributed by atoms with E-state index in [1.807, 2.05) is 6.92 Å². The first-order chi connectivity index (χ1) is 17.3. The second-order valence-corrected chi connectivity index (χ2v) is 10.3. The number of pyridine rings is 1. The van der Waals surface area contributed by atoms with Crippen molar-refractivity contribution in [1.82, 2.24) is 19.9 Å². The molecule has 3 aromatic rings. The molecule has 2 aromatic heterocycles. The summed E-state index contributed by atoms with van der Waals surface area (Å²) in [5.41, 5.74) is 1.45. The molecule has 0 aliphatic heterocycles. The summed E-state index contributed by atoms with van der Waals surface area (Å²) >= 11 is 0. The van der Waals surface area contributed by atoms with Crippen molar-refractivity contribution in [2.45, 2.75) is 37.4 Å². The second-order valence-electron chi connectivity index (χ2n) is 8.72. The molecule has 0 atom stereocenters. The van der Waals surface area contributed by atoms with Crippen molar-refractivity contribution < 1.29 is 21.6 Å². The van der Waals surface area contributed by atoms with Crippen LogP contribution < -0.4 is 15.4 Å². The van der Waals surface area contributed by atoms with Crippen LogP contribution in [-0.4, -0.2) is 56.0 Å². The first kappa shape index (κ1) is 28.3. The lowest BCUT2D eigenvalue weighted by Crippen LogP contribution is -2.25. The molecule has 9 nitrogen and oxygen atoms in total. The molecule has 1 aromatic carbocycles. The molecule has 2 heterocycles. The molecule has 0 aliphatic carbocycles. The van der Waals surface area contributed by atoms with Gasteiger partial charge in [0.15, 0.2) is 0 Å². The molecular formula is C24H30F3N7O2S. The fourth-order valence-electron chi connectivity index (χ4n) is 3.72. The third kappa shape index (κ3) is 7.37. The molecule has 0 amide bonds. The lowest BCUT2D eigenvalue weighted by atomic mass is 10.1. The quantitative estimate of drug-likeness (QED) is 0.403. The Kier molecular flexibility index (Phi) is 8.72. The number of aromatic nitrogens is 3. The van der Waals surface area contributed by atoms with Crippen molar-refractivity contribution in [3.63, 3.8) is 0 Å². The SMILES string of the molecule is CCc1c(CCN(C)Cc2ncccc2C(F)(F)F)nc(N(C)C)nc1Nc1ccc(S(N)(=O)=O)cc1. The molecule has 3 rings (SSSR count). The molecule has 0 spiro atoms. The minimum absolute atomic E-state index is 0.00394. The highest BCUT2D eigenvalue weighted by Crippen LogP contribution is 2.31. The Morgan fingerprint density at radius 1 is 1.03 bits per heavy atom. The van der Waals surface area contributed by atoms with Crippen LogP contribution in [0, 0.1) is 0 Å². The zero-order chi connectivity index (χ0) is 27.4. The highest BCUT2D eigenvalue weighted by atomic mass is 32.2. The van der Waals surface area contributed by atoms with Crippen LogP contribution in [-0.2, 0) is 35.6 Å². The van der Waals surface area contributed by atoms with Crippen molar-refractivity contribution in [2.75, 3.05) is 37.9 Å². The van der Waals surface area contributed by atoms with Gasteiger partial charge in [0.05, 0.1) is 21.8 Å². The molecular weight excluding hydrogens is 507 g/mol. The molecule has 3 N–H and O–H groups in total. The molecule has 200 valence electrons. The van der Waals surface area contributed by atoms with E-state index in [0.717, 1.165) is 17.3 Å². The largest absolute Gasteiger partial charge is 0.418 e. The van der Waals surface area contributed by atoms with E-state index in [1.54, 1.807) is 43.1 Å². The molecule has 0 saturated carbocycles. The lowest BCUT2D eigenvalue weighted by Gasteiger charge is -2.21. The average Bonchev–Trinajstić information content (AvgIpc) is 2.82. The number of alkyl halides is 3. The predicted octanol–water partition coefficient (Wildman–Crippen LogP) is 3.58. The number of likely N-dealkylation sites (N-methyl/N-ethyl adjacent to an activating group) is 1. The number of anilines is 3. The first-order valence-electron chi connectivity index (χ1n) is 11.5. The van der Waals surface area contributed by atoms with E-state index in [2.05, 4.69) is 20.3 Å². The fraction of sp³-hybridized carbons (Fsp3) is 0.375. The van der Waals surface area contributed by atoms with Gasteiger partial charge in [-0.2, -0.15) is 18.2 Å². The standard InChI is InChI=1S/C24H30F3N7O2S/c1-5-18-20(12-14-34(4)15-21-19(24(25,26)27)7-6-13-29-21)31-23(33(2)3)32-22(18)30-16-8-10-17(11-9-16)37(28,35)36/h6-11,13H,5,12,14-15H2,1-4H3,(H2,28,35,36)(H,30,31,32). The van der Waals surface area contributed by atoms with Gasteiger partial charge in [-0.1, -0.05) is 6.92 Å². The van der Waals surface area contributed by atoms with Crippen LogP contribution in [0.3, 0.4) is 0 Å². The Bertz CT molecular complexity index is 1330. The lowest BCUT2D eigenvalue weighted by molar-refractivity contribution is -0.138.